The van der Waals surface area contributed by atoms with Crippen LogP contribution < -0.4 is 10.1 Å². The Morgan fingerprint density at radius 3 is 2.79 bits per heavy atom. The first kappa shape index (κ1) is 21.7. The first-order valence-electron chi connectivity index (χ1n) is 10.6. The molecule has 1 aromatic carbocycles. The number of esters is 1. The Kier molecular flexibility index (Phi) is 4.92. The van der Waals surface area contributed by atoms with Crippen molar-refractivity contribution in [1.82, 2.24) is 15.1 Å². The number of urea groups is 1. The van der Waals surface area contributed by atoms with Gasteiger partial charge in [-0.1, -0.05) is 6.07 Å². The number of imide groups is 1. The molecule has 11 heteroatoms. The van der Waals surface area contributed by atoms with E-state index in [-0.39, 0.29) is 30.7 Å². The van der Waals surface area contributed by atoms with Crippen molar-refractivity contribution in [1.29, 1.82) is 0 Å². The molecule has 0 spiro atoms. The maximum Gasteiger partial charge on any atom is 0.325 e. The van der Waals surface area contributed by atoms with E-state index in [0.717, 1.165) is 10.5 Å². The van der Waals surface area contributed by atoms with Crippen LogP contribution in [0.2, 0.25) is 0 Å². The summed E-state index contributed by atoms with van der Waals surface area (Å²) in [4.78, 5) is 57.2. The average Bonchev–Trinajstić information content (AvgIpc) is 3.45. The molecule has 1 saturated heterocycles. The third kappa shape index (κ3) is 3.23. The minimum absolute atomic E-state index is 0.132. The summed E-state index contributed by atoms with van der Waals surface area (Å²) in [6.45, 7) is 1.37. The van der Waals surface area contributed by atoms with E-state index in [1.807, 2.05) is 0 Å². The van der Waals surface area contributed by atoms with Gasteiger partial charge in [0.2, 0.25) is 5.90 Å². The second-order valence-electron chi connectivity index (χ2n) is 8.43. The zero-order chi connectivity index (χ0) is 24.2. The Morgan fingerprint density at radius 1 is 1.32 bits per heavy atom. The number of rotatable bonds is 4. The quantitative estimate of drug-likeness (QED) is 0.517. The Morgan fingerprint density at radius 2 is 2.12 bits per heavy atom. The predicted octanol–water partition coefficient (Wildman–Crippen LogP) is 0.959. The molecule has 0 radical (unpaired) electrons. The topological polar surface area (TPSA) is 127 Å². The average molecular weight is 466 g/mol. The van der Waals surface area contributed by atoms with Gasteiger partial charge in [-0.25, -0.2) is 9.79 Å². The highest BCUT2D eigenvalue weighted by Crippen LogP contribution is 2.39. The summed E-state index contributed by atoms with van der Waals surface area (Å²) >= 11 is 0. The second kappa shape index (κ2) is 7.72. The highest BCUT2D eigenvalue weighted by molar-refractivity contribution is 6.09. The van der Waals surface area contributed by atoms with Gasteiger partial charge in [-0.2, -0.15) is 0 Å². The highest BCUT2D eigenvalue weighted by atomic mass is 16.5. The highest BCUT2D eigenvalue weighted by Gasteiger charge is 2.58. The molecule has 3 atom stereocenters. The number of hydrogen-bond donors (Lipinski definition) is 1. The zero-order valence-corrected chi connectivity index (χ0v) is 18.7. The maximum atomic E-state index is 13.4. The third-order valence-corrected chi connectivity index (χ3v) is 6.30. The summed E-state index contributed by atoms with van der Waals surface area (Å²) in [5, 5.41) is 2.72. The van der Waals surface area contributed by atoms with E-state index >= 15 is 0 Å². The normalized spacial score (nSPS) is 27.1. The van der Waals surface area contributed by atoms with Crippen molar-refractivity contribution in [3.63, 3.8) is 0 Å². The fraction of sp³-hybridized carbons (Fsp3) is 0.348. The molecule has 176 valence electrons. The van der Waals surface area contributed by atoms with Crippen LogP contribution in [0.1, 0.15) is 22.8 Å². The summed E-state index contributed by atoms with van der Waals surface area (Å²) in [7, 11) is 2.88. The number of fused-ring (bicyclic) bond motifs is 2. The molecule has 0 saturated carbocycles. The molecular formula is C23H22N4O7. The summed E-state index contributed by atoms with van der Waals surface area (Å²) < 4.78 is 16.5. The molecule has 1 aromatic rings. The SMILES string of the molecule is COc1ccc2c(c1)C(=O)N(CC1(C3=CC4C(OC(C)=O)=NC=CC4O3)NC(=O)N(C)C1=O)C2. The van der Waals surface area contributed by atoms with E-state index in [9.17, 15) is 19.2 Å². The lowest BCUT2D eigenvalue weighted by Crippen LogP contribution is -2.57. The number of nitrogens with zero attached hydrogens (tertiary/aromatic N) is 3. The molecule has 4 amide bonds. The van der Waals surface area contributed by atoms with Crippen molar-refractivity contribution in [2.24, 2.45) is 10.9 Å². The van der Waals surface area contributed by atoms with Gasteiger partial charge in [0.1, 0.15) is 17.6 Å². The molecule has 11 nitrogen and oxygen atoms in total. The fourth-order valence-corrected chi connectivity index (χ4v) is 4.59. The number of benzene rings is 1. The Balaban J connectivity index is 1.50. The van der Waals surface area contributed by atoms with E-state index in [0.29, 0.717) is 11.3 Å². The van der Waals surface area contributed by atoms with Gasteiger partial charge in [0.25, 0.3) is 11.8 Å². The third-order valence-electron chi connectivity index (χ3n) is 6.30. The molecule has 0 aromatic heterocycles. The Bertz CT molecular complexity index is 1220. The lowest BCUT2D eigenvalue weighted by molar-refractivity contribution is -0.133. The van der Waals surface area contributed by atoms with Crippen molar-refractivity contribution in [3.05, 3.63) is 53.4 Å². The van der Waals surface area contributed by atoms with Crippen LogP contribution in [0.3, 0.4) is 0 Å². The van der Waals surface area contributed by atoms with Crippen molar-refractivity contribution in [2.45, 2.75) is 25.1 Å². The van der Waals surface area contributed by atoms with Gasteiger partial charge < -0.3 is 24.4 Å². The van der Waals surface area contributed by atoms with E-state index in [4.69, 9.17) is 14.2 Å². The lowest BCUT2D eigenvalue weighted by Gasteiger charge is -2.32. The molecule has 3 unspecified atom stereocenters. The largest absolute Gasteiger partial charge is 0.497 e. The standard InChI is InChI=1S/C23H22N4O7/c1-12(28)33-19-16-9-18(34-17(16)6-7-24-19)23(21(30)26(2)22(31)25-23)11-27-10-13-4-5-14(32-3)8-15(13)20(27)29/h4-9,16-17H,10-11H2,1-3H3,(H,25,31). The van der Waals surface area contributed by atoms with Crippen molar-refractivity contribution in [3.8, 4) is 5.75 Å². The van der Waals surface area contributed by atoms with Gasteiger partial charge in [-0.05, 0) is 29.8 Å². The Labute approximate surface area is 194 Å². The number of amides is 4. The smallest absolute Gasteiger partial charge is 0.325 e. The maximum absolute atomic E-state index is 13.4. The molecule has 0 aliphatic carbocycles. The van der Waals surface area contributed by atoms with E-state index in [2.05, 4.69) is 10.3 Å². The van der Waals surface area contributed by atoms with E-state index < -0.39 is 35.5 Å². The van der Waals surface area contributed by atoms with Crippen LogP contribution in [0.5, 0.6) is 5.75 Å². The molecule has 4 aliphatic rings. The lowest BCUT2D eigenvalue weighted by atomic mass is 9.93. The number of nitrogens with one attached hydrogen (secondary N) is 1. The number of likely N-dealkylation sites (N-methyl/N-ethyl adjacent to an activating group) is 1. The van der Waals surface area contributed by atoms with Crippen LogP contribution in [0.25, 0.3) is 0 Å². The van der Waals surface area contributed by atoms with Gasteiger partial charge in [0, 0.05) is 32.3 Å². The van der Waals surface area contributed by atoms with Crippen LogP contribution in [0.15, 0.2) is 47.3 Å². The number of carbonyl (C=O) groups is 4. The molecule has 34 heavy (non-hydrogen) atoms. The van der Waals surface area contributed by atoms with Crippen LogP contribution in [-0.2, 0) is 25.6 Å². The van der Waals surface area contributed by atoms with Crippen LogP contribution >= 0.6 is 0 Å². The van der Waals surface area contributed by atoms with Gasteiger partial charge in [0.15, 0.2) is 5.54 Å². The van der Waals surface area contributed by atoms with Crippen LogP contribution in [0.4, 0.5) is 4.79 Å². The summed E-state index contributed by atoms with van der Waals surface area (Å²) in [5.74, 6) is -1.10. The number of hydrogen-bond acceptors (Lipinski definition) is 8. The van der Waals surface area contributed by atoms with Gasteiger partial charge in [-0.15, -0.1) is 0 Å². The first-order valence-corrected chi connectivity index (χ1v) is 10.6. The first-order chi connectivity index (χ1) is 16.2. The molecular weight excluding hydrogens is 444 g/mol. The molecule has 1 fully saturated rings. The monoisotopic (exact) mass is 466 g/mol. The summed E-state index contributed by atoms with van der Waals surface area (Å²) in [6.07, 6.45) is 4.16. The van der Waals surface area contributed by atoms with Gasteiger partial charge >= 0.3 is 12.0 Å². The molecule has 4 heterocycles. The molecule has 4 aliphatic heterocycles. The van der Waals surface area contributed by atoms with Gasteiger partial charge in [0.05, 0.1) is 19.6 Å². The number of carbonyl (C=O) groups excluding carboxylic acids is 4. The van der Waals surface area contributed by atoms with Crippen molar-refractivity contribution in [2.75, 3.05) is 20.7 Å². The molecule has 1 N–H and O–H groups in total. The number of ether oxygens (including phenoxy) is 3. The van der Waals surface area contributed by atoms with Crippen molar-refractivity contribution >= 4 is 29.7 Å². The number of methoxy groups -OCH3 is 1. The van der Waals surface area contributed by atoms with E-state index in [1.54, 1.807) is 30.4 Å². The zero-order valence-electron chi connectivity index (χ0n) is 18.7. The molecule has 0 bridgehead atoms. The summed E-state index contributed by atoms with van der Waals surface area (Å²) in [5.41, 5.74) is -0.379. The fourth-order valence-electron chi connectivity index (χ4n) is 4.59. The minimum Gasteiger partial charge on any atom is -0.497 e. The van der Waals surface area contributed by atoms with Crippen LogP contribution in [-0.4, -0.2) is 71.9 Å². The number of aliphatic imine (C=N–C) groups is 1. The minimum atomic E-state index is -1.64. The Hall–Kier alpha value is -4.15. The second-order valence-corrected chi connectivity index (χ2v) is 8.43. The van der Waals surface area contributed by atoms with Gasteiger partial charge in [-0.3, -0.25) is 19.3 Å². The predicted molar refractivity (Wildman–Crippen MR) is 117 cm³/mol. The molecule has 5 rings (SSSR count). The van der Waals surface area contributed by atoms with Crippen molar-refractivity contribution < 1.29 is 33.4 Å². The van der Waals surface area contributed by atoms with Crippen LogP contribution in [0, 0.1) is 5.92 Å². The summed E-state index contributed by atoms with van der Waals surface area (Å²) in [6, 6.07) is 4.60. The van der Waals surface area contributed by atoms with E-state index in [1.165, 1.54) is 32.2 Å².